The smallest absolute Gasteiger partial charge is 0.0613 e. The number of aliphatic hydroxyl groups is 1. The lowest BCUT2D eigenvalue weighted by Gasteiger charge is -2.31. The van der Waals surface area contributed by atoms with E-state index >= 15 is 0 Å². The molecule has 2 heteroatoms. The number of hydrogen-bond donors (Lipinski definition) is 2. The molecular formula is C16H25NO. The quantitative estimate of drug-likeness (QED) is 0.775. The van der Waals surface area contributed by atoms with E-state index < -0.39 is 0 Å². The van der Waals surface area contributed by atoms with E-state index in [1.54, 1.807) is 0 Å². The maximum absolute atomic E-state index is 9.58. The first-order valence-electron chi connectivity index (χ1n) is 7.18. The third-order valence-corrected chi connectivity index (χ3v) is 4.38. The minimum Gasteiger partial charge on any atom is -0.394 e. The lowest BCUT2D eigenvalue weighted by atomic mass is 9.93. The lowest BCUT2D eigenvalue weighted by Crippen LogP contribution is -2.47. The van der Waals surface area contributed by atoms with Crippen LogP contribution in [0.2, 0.25) is 0 Å². The minimum absolute atomic E-state index is 0.114. The SMILES string of the molecule is CCC(CC)(CO)NCc1ccccc1C1CC1. The van der Waals surface area contributed by atoms with Crippen molar-refractivity contribution in [2.75, 3.05) is 6.61 Å². The maximum Gasteiger partial charge on any atom is 0.0613 e. The molecule has 0 aliphatic heterocycles. The van der Waals surface area contributed by atoms with Crippen LogP contribution in [-0.4, -0.2) is 17.3 Å². The van der Waals surface area contributed by atoms with E-state index in [4.69, 9.17) is 0 Å². The molecule has 0 spiro atoms. The average Bonchev–Trinajstić information content (AvgIpc) is 3.26. The molecule has 2 nitrogen and oxygen atoms in total. The molecule has 1 aromatic rings. The summed E-state index contributed by atoms with van der Waals surface area (Å²) < 4.78 is 0. The summed E-state index contributed by atoms with van der Waals surface area (Å²) in [7, 11) is 0. The maximum atomic E-state index is 9.58. The topological polar surface area (TPSA) is 32.3 Å². The number of nitrogens with one attached hydrogen (secondary N) is 1. The first kappa shape index (κ1) is 13.6. The number of aliphatic hydroxyl groups excluding tert-OH is 1. The van der Waals surface area contributed by atoms with Crippen LogP contribution in [0.3, 0.4) is 0 Å². The molecule has 0 atom stereocenters. The summed E-state index contributed by atoms with van der Waals surface area (Å²) in [5.41, 5.74) is 2.79. The van der Waals surface area contributed by atoms with E-state index in [9.17, 15) is 5.11 Å². The summed E-state index contributed by atoms with van der Waals surface area (Å²) in [5, 5.41) is 13.2. The zero-order chi connectivity index (χ0) is 13.0. The van der Waals surface area contributed by atoms with E-state index in [-0.39, 0.29) is 12.1 Å². The molecule has 0 radical (unpaired) electrons. The lowest BCUT2D eigenvalue weighted by molar-refractivity contribution is 0.149. The van der Waals surface area contributed by atoms with Crippen LogP contribution in [0, 0.1) is 0 Å². The van der Waals surface area contributed by atoms with Crippen molar-refractivity contribution in [1.82, 2.24) is 5.32 Å². The van der Waals surface area contributed by atoms with Gasteiger partial charge < -0.3 is 10.4 Å². The van der Waals surface area contributed by atoms with Crippen LogP contribution in [0.4, 0.5) is 0 Å². The molecule has 100 valence electrons. The molecule has 1 aliphatic carbocycles. The number of hydrogen-bond acceptors (Lipinski definition) is 2. The van der Waals surface area contributed by atoms with Crippen molar-refractivity contribution in [1.29, 1.82) is 0 Å². The second-order valence-corrected chi connectivity index (χ2v) is 5.47. The molecule has 2 N–H and O–H groups in total. The van der Waals surface area contributed by atoms with E-state index in [2.05, 4.69) is 43.4 Å². The van der Waals surface area contributed by atoms with E-state index in [1.807, 2.05) is 0 Å². The molecule has 0 unspecified atom stereocenters. The molecule has 0 saturated heterocycles. The second-order valence-electron chi connectivity index (χ2n) is 5.47. The highest BCUT2D eigenvalue weighted by atomic mass is 16.3. The monoisotopic (exact) mass is 247 g/mol. The Morgan fingerprint density at radius 2 is 1.89 bits per heavy atom. The Labute approximate surface area is 110 Å². The van der Waals surface area contributed by atoms with Crippen LogP contribution in [0.25, 0.3) is 0 Å². The first-order valence-corrected chi connectivity index (χ1v) is 7.18. The van der Waals surface area contributed by atoms with Crippen LogP contribution in [0.5, 0.6) is 0 Å². The van der Waals surface area contributed by atoms with Gasteiger partial charge in [-0.15, -0.1) is 0 Å². The van der Waals surface area contributed by atoms with Crippen molar-refractivity contribution < 1.29 is 5.11 Å². The molecule has 18 heavy (non-hydrogen) atoms. The number of rotatable bonds is 7. The van der Waals surface area contributed by atoms with Crippen molar-refractivity contribution in [2.24, 2.45) is 0 Å². The third kappa shape index (κ3) is 2.93. The van der Waals surface area contributed by atoms with Crippen LogP contribution < -0.4 is 5.32 Å². The molecule has 0 bridgehead atoms. The fourth-order valence-corrected chi connectivity index (χ4v) is 2.55. The standard InChI is InChI=1S/C16H25NO/c1-3-16(4-2,12-18)17-11-14-7-5-6-8-15(14)13-9-10-13/h5-8,13,17-18H,3-4,9-12H2,1-2H3. The average molecular weight is 247 g/mol. The molecule has 1 aromatic carbocycles. The van der Waals surface area contributed by atoms with Gasteiger partial charge in [0.05, 0.1) is 6.61 Å². The summed E-state index contributed by atoms with van der Waals surface area (Å²) in [6.45, 7) is 5.36. The Morgan fingerprint density at radius 3 is 2.44 bits per heavy atom. The molecule has 1 aliphatic rings. The van der Waals surface area contributed by atoms with Crippen LogP contribution in [-0.2, 0) is 6.54 Å². The fourth-order valence-electron chi connectivity index (χ4n) is 2.55. The summed E-state index contributed by atoms with van der Waals surface area (Å²) in [5.74, 6) is 0.787. The highest BCUT2D eigenvalue weighted by Gasteiger charge is 2.27. The zero-order valence-corrected chi connectivity index (χ0v) is 11.6. The van der Waals surface area contributed by atoms with Gasteiger partial charge in [0.2, 0.25) is 0 Å². The first-order chi connectivity index (χ1) is 8.74. The van der Waals surface area contributed by atoms with Crippen molar-refractivity contribution in [2.45, 2.75) is 57.5 Å². The van der Waals surface area contributed by atoms with Crippen molar-refractivity contribution in [3.8, 4) is 0 Å². The van der Waals surface area contributed by atoms with Gasteiger partial charge in [-0.1, -0.05) is 38.1 Å². The van der Waals surface area contributed by atoms with Gasteiger partial charge in [0, 0.05) is 12.1 Å². The zero-order valence-electron chi connectivity index (χ0n) is 11.6. The molecular weight excluding hydrogens is 222 g/mol. The van der Waals surface area contributed by atoms with Gasteiger partial charge in [-0.2, -0.15) is 0 Å². The molecule has 0 heterocycles. The van der Waals surface area contributed by atoms with Crippen LogP contribution in [0.15, 0.2) is 24.3 Å². The Kier molecular flexibility index (Phi) is 4.41. The second kappa shape index (κ2) is 5.85. The van der Waals surface area contributed by atoms with Gasteiger partial charge in [0.25, 0.3) is 0 Å². The van der Waals surface area contributed by atoms with Gasteiger partial charge in [0.1, 0.15) is 0 Å². The van der Waals surface area contributed by atoms with Crippen LogP contribution >= 0.6 is 0 Å². The van der Waals surface area contributed by atoms with Gasteiger partial charge in [-0.25, -0.2) is 0 Å². The van der Waals surface area contributed by atoms with E-state index in [0.29, 0.717) is 0 Å². The normalized spacial score (nSPS) is 15.9. The van der Waals surface area contributed by atoms with Crippen LogP contribution in [0.1, 0.15) is 56.6 Å². The molecule has 1 fully saturated rings. The highest BCUT2D eigenvalue weighted by molar-refractivity contribution is 5.33. The fraction of sp³-hybridized carbons (Fsp3) is 0.625. The minimum atomic E-state index is -0.114. The predicted octanol–water partition coefficient (Wildman–Crippen LogP) is 3.20. The molecule has 0 amide bonds. The Bertz CT molecular complexity index is 372. The van der Waals surface area contributed by atoms with Gasteiger partial charge in [-0.05, 0) is 42.7 Å². The van der Waals surface area contributed by atoms with Gasteiger partial charge >= 0.3 is 0 Å². The highest BCUT2D eigenvalue weighted by Crippen LogP contribution is 2.41. The van der Waals surface area contributed by atoms with Crippen molar-refractivity contribution >= 4 is 0 Å². The Hall–Kier alpha value is -0.860. The molecule has 0 aromatic heterocycles. The summed E-state index contributed by atoms with van der Waals surface area (Å²) in [6.07, 6.45) is 4.60. The predicted molar refractivity (Wildman–Crippen MR) is 75.7 cm³/mol. The summed E-state index contributed by atoms with van der Waals surface area (Å²) in [4.78, 5) is 0. The largest absolute Gasteiger partial charge is 0.394 e. The van der Waals surface area contributed by atoms with Gasteiger partial charge in [-0.3, -0.25) is 0 Å². The van der Waals surface area contributed by atoms with E-state index in [1.165, 1.54) is 24.0 Å². The third-order valence-electron chi connectivity index (χ3n) is 4.38. The summed E-state index contributed by atoms with van der Waals surface area (Å²) in [6, 6.07) is 8.72. The Balaban J connectivity index is 2.05. The van der Waals surface area contributed by atoms with Crippen molar-refractivity contribution in [3.05, 3.63) is 35.4 Å². The summed E-state index contributed by atoms with van der Waals surface area (Å²) >= 11 is 0. The molecule has 1 saturated carbocycles. The number of benzene rings is 1. The molecule has 2 rings (SSSR count). The van der Waals surface area contributed by atoms with Crippen molar-refractivity contribution in [3.63, 3.8) is 0 Å². The Morgan fingerprint density at radius 1 is 1.22 bits per heavy atom. The van der Waals surface area contributed by atoms with E-state index in [0.717, 1.165) is 25.3 Å². The van der Waals surface area contributed by atoms with Gasteiger partial charge in [0.15, 0.2) is 0 Å².